The number of methoxy groups -OCH3 is 1. The Labute approximate surface area is 159 Å². The number of hydrogen-bond acceptors (Lipinski definition) is 6. The lowest BCUT2D eigenvalue weighted by molar-refractivity contribution is 0.102. The van der Waals surface area contributed by atoms with Crippen LogP contribution in [-0.2, 0) is 9.84 Å². The highest BCUT2D eigenvalue weighted by molar-refractivity contribution is 7.91. The lowest BCUT2D eigenvalue weighted by Gasteiger charge is -2.28. The summed E-state index contributed by atoms with van der Waals surface area (Å²) < 4.78 is 28.6. The Morgan fingerprint density at radius 2 is 2.00 bits per heavy atom. The van der Waals surface area contributed by atoms with E-state index in [4.69, 9.17) is 4.74 Å². The third-order valence-electron chi connectivity index (χ3n) is 4.64. The zero-order chi connectivity index (χ0) is 19.4. The van der Waals surface area contributed by atoms with Gasteiger partial charge >= 0.3 is 0 Å². The molecule has 1 N–H and O–H groups in total. The van der Waals surface area contributed by atoms with Crippen LogP contribution in [0.4, 0.5) is 11.5 Å². The molecule has 7 nitrogen and oxygen atoms in total. The van der Waals surface area contributed by atoms with Crippen molar-refractivity contribution < 1.29 is 17.9 Å². The van der Waals surface area contributed by atoms with Crippen molar-refractivity contribution in [1.29, 1.82) is 0 Å². The molecular formula is C19H23N3O4S. The molecule has 0 aliphatic carbocycles. The molecule has 2 aromatic rings. The second kappa shape index (κ2) is 7.96. The molecule has 144 valence electrons. The molecule has 0 spiro atoms. The van der Waals surface area contributed by atoms with E-state index >= 15 is 0 Å². The Balaban J connectivity index is 1.68. The van der Waals surface area contributed by atoms with Gasteiger partial charge in [-0.2, -0.15) is 0 Å². The fourth-order valence-corrected chi connectivity index (χ4v) is 4.93. The Bertz CT molecular complexity index is 896. The summed E-state index contributed by atoms with van der Waals surface area (Å²) in [5.41, 5.74) is 1.10. The van der Waals surface area contributed by atoms with Crippen LogP contribution in [0.15, 0.2) is 42.6 Å². The molecular weight excluding hydrogens is 366 g/mol. The molecule has 0 radical (unpaired) electrons. The van der Waals surface area contributed by atoms with Gasteiger partial charge < -0.3 is 15.0 Å². The number of hydrogen-bond donors (Lipinski definition) is 1. The maximum absolute atomic E-state index is 12.3. The summed E-state index contributed by atoms with van der Waals surface area (Å²) in [5.74, 6) is 1.55. The van der Waals surface area contributed by atoms with E-state index in [1.54, 1.807) is 49.7 Å². The van der Waals surface area contributed by atoms with Crippen molar-refractivity contribution in [3.8, 4) is 5.75 Å². The number of pyridine rings is 1. The van der Waals surface area contributed by atoms with Gasteiger partial charge in [0.1, 0.15) is 11.6 Å². The molecule has 1 saturated heterocycles. The van der Waals surface area contributed by atoms with Crippen LogP contribution in [0.25, 0.3) is 0 Å². The molecule has 3 rings (SSSR count). The summed E-state index contributed by atoms with van der Waals surface area (Å²) in [6.45, 7) is 2.65. The van der Waals surface area contributed by atoms with Crippen LogP contribution in [0.1, 0.15) is 23.7 Å². The lowest BCUT2D eigenvalue weighted by Crippen LogP contribution is -2.36. The molecule has 1 aromatic carbocycles. The van der Waals surface area contributed by atoms with E-state index in [9.17, 15) is 13.2 Å². The first-order valence-electron chi connectivity index (χ1n) is 8.80. The Hall–Kier alpha value is -2.61. The van der Waals surface area contributed by atoms with Crippen molar-refractivity contribution in [1.82, 2.24) is 4.98 Å². The Morgan fingerprint density at radius 1 is 1.26 bits per heavy atom. The number of carbonyl (C=O) groups excluding carboxylic acids is 1. The topological polar surface area (TPSA) is 88.6 Å². The van der Waals surface area contributed by atoms with E-state index < -0.39 is 9.84 Å². The summed E-state index contributed by atoms with van der Waals surface area (Å²) >= 11 is 0. The van der Waals surface area contributed by atoms with Gasteiger partial charge in [0.2, 0.25) is 0 Å². The molecule has 1 amide bonds. The number of ether oxygens (including phenoxy) is 1. The number of sulfone groups is 1. The number of amides is 1. The number of rotatable bonds is 6. The molecule has 1 aromatic heterocycles. The van der Waals surface area contributed by atoms with E-state index in [1.807, 2.05) is 11.8 Å². The molecule has 1 aliphatic heterocycles. The van der Waals surface area contributed by atoms with Gasteiger partial charge in [0, 0.05) is 18.2 Å². The summed E-state index contributed by atoms with van der Waals surface area (Å²) in [7, 11) is -1.38. The number of carbonyl (C=O) groups is 1. The highest BCUT2D eigenvalue weighted by Crippen LogP contribution is 2.23. The van der Waals surface area contributed by atoms with Crippen molar-refractivity contribution in [2.75, 3.05) is 35.4 Å². The summed E-state index contributed by atoms with van der Waals surface area (Å²) in [5, 5.41) is 2.81. The Kier molecular flexibility index (Phi) is 5.65. The van der Waals surface area contributed by atoms with E-state index in [2.05, 4.69) is 10.3 Å². The highest BCUT2D eigenvalue weighted by atomic mass is 32.2. The van der Waals surface area contributed by atoms with Crippen LogP contribution in [0.2, 0.25) is 0 Å². The molecule has 1 fully saturated rings. The van der Waals surface area contributed by atoms with Gasteiger partial charge in [-0.05, 0) is 49.7 Å². The second-order valence-corrected chi connectivity index (χ2v) is 8.66. The molecule has 27 heavy (non-hydrogen) atoms. The van der Waals surface area contributed by atoms with Crippen LogP contribution < -0.4 is 15.0 Å². The third-order valence-corrected chi connectivity index (χ3v) is 6.39. The lowest BCUT2D eigenvalue weighted by atomic mass is 10.2. The predicted molar refractivity (Wildman–Crippen MR) is 105 cm³/mol. The van der Waals surface area contributed by atoms with Gasteiger partial charge in [0.05, 0.1) is 30.5 Å². The van der Waals surface area contributed by atoms with Gasteiger partial charge in [-0.3, -0.25) is 4.79 Å². The van der Waals surface area contributed by atoms with Crippen molar-refractivity contribution >= 4 is 27.2 Å². The fourth-order valence-electron chi connectivity index (χ4n) is 3.20. The SMILES string of the molecule is CCN(c1ccc(NC(=O)c2ccc(OC)cc2)cn1)C1CCS(=O)(=O)C1. The van der Waals surface area contributed by atoms with E-state index in [0.717, 1.165) is 0 Å². The van der Waals surface area contributed by atoms with E-state index in [-0.39, 0.29) is 23.5 Å². The first-order valence-corrected chi connectivity index (χ1v) is 10.6. The summed E-state index contributed by atoms with van der Waals surface area (Å²) in [6, 6.07) is 10.4. The van der Waals surface area contributed by atoms with Gasteiger partial charge in [0.15, 0.2) is 9.84 Å². The van der Waals surface area contributed by atoms with Gasteiger partial charge in [0.25, 0.3) is 5.91 Å². The van der Waals surface area contributed by atoms with Gasteiger partial charge in [-0.15, -0.1) is 0 Å². The number of nitrogens with one attached hydrogen (secondary N) is 1. The van der Waals surface area contributed by atoms with Crippen LogP contribution >= 0.6 is 0 Å². The number of aromatic nitrogens is 1. The van der Waals surface area contributed by atoms with Crippen molar-refractivity contribution in [2.45, 2.75) is 19.4 Å². The number of benzene rings is 1. The normalized spacial score (nSPS) is 18.1. The first kappa shape index (κ1) is 19.2. The van der Waals surface area contributed by atoms with Gasteiger partial charge in [-0.25, -0.2) is 13.4 Å². The summed E-state index contributed by atoms with van der Waals surface area (Å²) in [4.78, 5) is 18.7. The molecule has 0 saturated carbocycles. The zero-order valence-electron chi connectivity index (χ0n) is 15.4. The molecule has 1 atom stereocenters. The largest absolute Gasteiger partial charge is 0.497 e. The van der Waals surface area contributed by atoms with Crippen LogP contribution in [0.3, 0.4) is 0 Å². The minimum atomic E-state index is -2.95. The number of anilines is 2. The second-order valence-electron chi connectivity index (χ2n) is 6.43. The first-order chi connectivity index (χ1) is 12.9. The molecule has 8 heteroatoms. The maximum Gasteiger partial charge on any atom is 0.255 e. The average Bonchev–Trinajstić information content (AvgIpc) is 3.03. The maximum atomic E-state index is 12.3. The third kappa shape index (κ3) is 4.57. The predicted octanol–water partition coefficient (Wildman–Crippen LogP) is 2.36. The van der Waals surface area contributed by atoms with Crippen molar-refractivity contribution in [3.63, 3.8) is 0 Å². The van der Waals surface area contributed by atoms with E-state index in [1.165, 1.54) is 0 Å². The quantitative estimate of drug-likeness (QED) is 0.816. The molecule has 2 heterocycles. The van der Waals surface area contributed by atoms with Crippen molar-refractivity contribution in [2.24, 2.45) is 0 Å². The monoisotopic (exact) mass is 389 g/mol. The minimum absolute atomic E-state index is 0.0489. The average molecular weight is 389 g/mol. The molecule has 0 bridgehead atoms. The van der Waals surface area contributed by atoms with Crippen LogP contribution in [-0.4, -0.2) is 50.5 Å². The summed E-state index contributed by atoms with van der Waals surface area (Å²) in [6.07, 6.45) is 2.21. The zero-order valence-corrected chi connectivity index (χ0v) is 16.2. The highest BCUT2D eigenvalue weighted by Gasteiger charge is 2.32. The Morgan fingerprint density at radius 3 is 2.52 bits per heavy atom. The number of nitrogens with zero attached hydrogens (tertiary/aromatic N) is 2. The molecule has 1 unspecified atom stereocenters. The van der Waals surface area contributed by atoms with Crippen LogP contribution in [0.5, 0.6) is 5.75 Å². The standard InChI is InChI=1S/C19H23N3O4S/c1-3-22(16-10-11-27(24,25)13-16)18-9-6-15(12-20-18)21-19(23)14-4-7-17(26-2)8-5-14/h4-9,12,16H,3,10-11,13H2,1-2H3,(H,21,23). The fraction of sp³-hybridized carbons (Fsp3) is 0.368. The van der Waals surface area contributed by atoms with Gasteiger partial charge in [-0.1, -0.05) is 0 Å². The van der Waals surface area contributed by atoms with E-state index in [0.29, 0.717) is 35.8 Å². The molecule has 1 aliphatic rings. The smallest absolute Gasteiger partial charge is 0.255 e. The van der Waals surface area contributed by atoms with Crippen molar-refractivity contribution in [3.05, 3.63) is 48.2 Å². The van der Waals surface area contributed by atoms with Crippen LogP contribution in [0, 0.1) is 0 Å². The minimum Gasteiger partial charge on any atom is -0.497 e.